The number of benzene rings is 1. The van der Waals surface area contributed by atoms with Crippen LogP contribution in [0.2, 0.25) is 0 Å². The van der Waals surface area contributed by atoms with Crippen molar-refractivity contribution in [2.24, 2.45) is 5.92 Å². The molecule has 2 heterocycles. The molecule has 2 fully saturated rings. The maximum atomic E-state index is 12.6. The lowest BCUT2D eigenvalue weighted by Gasteiger charge is -2.35. The van der Waals surface area contributed by atoms with Crippen molar-refractivity contribution in [3.8, 4) is 0 Å². The van der Waals surface area contributed by atoms with Gasteiger partial charge >= 0.3 is 0 Å². The molecular weight excluding hydrogens is 340 g/mol. The minimum Gasteiger partial charge on any atom is -0.378 e. The zero-order valence-corrected chi connectivity index (χ0v) is 16.7. The van der Waals surface area contributed by atoms with E-state index in [4.69, 9.17) is 4.74 Å². The van der Waals surface area contributed by atoms with Crippen LogP contribution in [0.5, 0.6) is 0 Å². The smallest absolute Gasteiger partial charge is 0.225 e. The van der Waals surface area contributed by atoms with Gasteiger partial charge in [0.05, 0.1) is 13.2 Å². The summed E-state index contributed by atoms with van der Waals surface area (Å²) < 4.78 is 5.32. The highest BCUT2D eigenvalue weighted by Gasteiger charge is 2.30. The van der Waals surface area contributed by atoms with Gasteiger partial charge in [0, 0.05) is 38.5 Å². The number of morpholine rings is 1. The van der Waals surface area contributed by atoms with Gasteiger partial charge in [-0.2, -0.15) is 0 Å². The lowest BCUT2D eigenvalue weighted by molar-refractivity contribution is -0.143. The normalized spacial score (nSPS) is 18.8. The maximum Gasteiger partial charge on any atom is 0.225 e. The number of aryl methyl sites for hydroxylation is 1. The summed E-state index contributed by atoms with van der Waals surface area (Å²) >= 11 is 0. The number of hydrogen-bond acceptors (Lipinski definition) is 3. The first-order chi connectivity index (χ1) is 13.0. The van der Waals surface area contributed by atoms with Crippen LogP contribution < -0.4 is 0 Å². The van der Waals surface area contributed by atoms with Gasteiger partial charge < -0.3 is 14.5 Å². The summed E-state index contributed by atoms with van der Waals surface area (Å²) in [6.45, 7) is 8.46. The van der Waals surface area contributed by atoms with Crippen LogP contribution in [0.3, 0.4) is 0 Å². The van der Waals surface area contributed by atoms with Gasteiger partial charge in [-0.25, -0.2) is 0 Å². The van der Waals surface area contributed by atoms with E-state index in [0.717, 1.165) is 19.3 Å². The summed E-state index contributed by atoms with van der Waals surface area (Å²) in [5.74, 6) is 1.05. The van der Waals surface area contributed by atoms with Crippen molar-refractivity contribution in [2.75, 3.05) is 39.4 Å². The Hall–Kier alpha value is -1.88. The second-order valence-corrected chi connectivity index (χ2v) is 7.99. The predicted octanol–water partition coefficient (Wildman–Crippen LogP) is 2.84. The third kappa shape index (κ3) is 5.32. The van der Waals surface area contributed by atoms with Crippen LogP contribution in [0.4, 0.5) is 0 Å². The van der Waals surface area contributed by atoms with E-state index < -0.39 is 0 Å². The molecule has 0 N–H and O–H groups in total. The molecule has 0 aromatic heterocycles. The highest BCUT2D eigenvalue weighted by molar-refractivity contribution is 5.80. The minimum atomic E-state index is 0.0655. The highest BCUT2D eigenvalue weighted by atomic mass is 16.5. The Labute approximate surface area is 162 Å². The van der Waals surface area contributed by atoms with Crippen molar-refractivity contribution >= 4 is 11.8 Å². The number of hydrogen-bond donors (Lipinski definition) is 0. The maximum absolute atomic E-state index is 12.6. The number of amides is 2. The van der Waals surface area contributed by atoms with Crippen LogP contribution in [0.25, 0.3) is 0 Å². The fraction of sp³-hybridized carbons (Fsp3) is 0.636. The fourth-order valence-electron chi connectivity index (χ4n) is 3.90. The van der Waals surface area contributed by atoms with E-state index in [1.807, 2.05) is 9.80 Å². The molecule has 0 bridgehead atoms. The Morgan fingerprint density at radius 2 is 1.63 bits per heavy atom. The molecule has 0 radical (unpaired) electrons. The van der Waals surface area contributed by atoms with Gasteiger partial charge in [-0.15, -0.1) is 0 Å². The lowest BCUT2D eigenvalue weighted by Crippen LogP contribution is -2.47. The summed E-state index contributed by atoms with van der Waals surface area (Å²) in [6.07, 6.45) is 2.89. The molecule has 3 rings (SSSR count). The summed E-state index contributed by atoms with van der Waals surface area (Å²) in [5.41, 5.74) is 2.54. The topological polar surface area (TPSA) is 49.9 Å². The van der Waals surface area contributed by atoms with Crippen LogP contribution in [0.15, 0.2) is 24.3 Å². The highest BCUT2D eigenvalue weighted by Crippen LogP contribution is 2.21. The second-order valence-electron chi connectivity index (χ2n) is 7.99. The fourth-order valence-corrected chi connectivity index (χ4v) is 3.90. The van der Waals surface area contributed by atoms with Gasteiger partial charge in [0.25, 0.3) is 0 Å². The average Bonchev–Trinajstić information content (AvgIpc) is 2.72. The Bertz CT molecular complexity index is 627. The molecule has 5 nitrogen and oxygen atoms in total. The summed E-state index contributed by atoms with van der Waals surface area (Å²) in [7, 11) is 0. The van der Waals surface area contributed by atoms with Crippen molar-refractivity contribution in [1.82, 2.24) is 9.80 Å². The van der Waals surface area contributed by atoms with Crippen molar-refractivity contribution in [3.05, 3.63) is 35.4 Å². The van der Waals surface area contributed by atoms with E-state index in [0.29, 0.717) is 51.7 Å². The molecule has 1 aromatic rings. The molecule has 0 spiro atoms. The third-order valence-electron chi connectivity index (χ3n) is 5.79. The molecule has 5 heteroatoms. The molecule has 27 heavy (non-hydrogen) atoms. The standard InChI is InChI=1S/C22H32N2O3/c1-17(2)19-6-3-18(4-7-19)5-8-21(25)23-11-9-20(10-12-23)22(26)24-13-15-27-16-14-24/h3-4,6-7,17,20H,5,8-16H2,1-2H3. The largest absolute Gasteiger partial charge is 0.378 e. The molecule has 2 saturated heterocycles. The minimum absolute atomic E-state index is 0.0655. The van der Waals surface area contributed by atoms with Crippen molar-refractivity contribution < 1.29 is 14.3 Å². The molecule has 2 amide bonds. The predicted molar refractivity (Wildman–Crippen MR) is 106 cm³/mol. The number of rotatable bonds is 5. The average molecular weight is 373 g/mol. The molecule has 0 unspecified atom stereocenters. The van der Waals surface area contributed by atoms with E-state index in [9.17, 15) is 9.59 Å². The van der Waals surface area contributed by atoms with Gasteiger partial charge in [0.2, 0.25) is 11.8 Å². The molecule has 2 aliphatic rings. The van der Waals surface area contributed by atoms with E-state index in [1.54, 1.807) is 0 Å². The van der Waals surface area contributed by atoms with Crippen LogP contribution in [0.1, 0.15) is 50.2 Å². The summed E-state index contributed by atoms with van der Waals surface area (Å²) in [6, 6.07) is 8.59. The lowest BCUT2D eigenvalue weighted by atomic mass is 9.94. The van der Waals surface area contributed by atoms with E-state index >= 15 is 0 Å². The van der Waals surface area contributed by atoms with Crippen LogP contribution >= 0.6 is 0 Å². The van der Waals surface area contributed by atoms with E-state index in [-0.39, 0.29) is 17.7 Å². The van der Waals surface area contributed by atoms with E-state index in [2.05, 4.69) is 38.1 Å². The quantitative estimate of drug-likeness (QED) is 0.799. The first-order valence-corrected chi connectivity index (χ1v) is 10.3. The SMILES string of the molecule is CC(C)c1ccc(CCC(=O)N2CCC(C(=O)N3CCOCC3)CC2)cc1. The third-order valence-corrected chi connectivity index (χ3v) is 5.79. The monoisotopic (exact) mass is 372 g/mol. The first kappa shape index (κ1) is 19.9. The van der Waals surface area contributed by atoms with Crippen LogP contribution in [0, 0.1) is 5.92 Å². The zero-order chi connectivity index (χ0) is 19.2. The molecule has 148 valence electrons. The van der Waals surface area contributed by atoms with Gasteiger partial charge in [0.1, 0.15) is 0 Å². The van der Waals surface area contributed by atoms with Crippen molar-refractivity contribution in [3.63, 3.8) is 0 Å². The number of carbonyl (C=O) groups is 2. The Kier molecular flexibility index (Phi) is 6.89. The summed E-state index contributed by atoms with van der Waals surface area (Å²) in [4.78, 5) is 29.0. The second kappa shape index (κ2) is 9.36. The molecule has 0 atom stereocenters. The Balaban J connectivity index is 1.42. The molecule has 1 aromatic carbocycles. The Morgan fingerprint density at radius 1 is 1.00 bits per heavy atom. The summed E-state index contributed by atoms with van der Waals surface area (Å²) in [5, 5.41) is 0. The molecular formula is C22H32N2O3. The number of carbonyl (C=O) groups excluding carboxylic acids is 2. The van der Waals surface area contributed by atoms with Crippen molar-refractivity contribution in [1.29, 1.82) is 0 Å². The van der Waals surface area contributed by atoms with E-state index in [1.165, 1.54) is 11.1 Å². The zero-order valence-electron chi connectivity index (χ0n) is 16.7. The van der Waals surface area contributed by atoms with Crippen molar-refractivity contribution in [2.45, 2.75) is 45.4 Å². The Morgan fingerprint density at radius 3 is 2.22 bits per heavy atom. The first-order valence-electron chi connectivity index (χ1n) is 10.3. The number of nitrogens with zero attached hydrogens (tertiary/aromatic N) is 2. The number of likely N-dealkylation sites (tertiary alicyclic amines) is 1. The van der Waals surface area contributed by atoms with Gasteiger partial charge in [-0.05, 0) is 36.3 Å². The van der Waals surface area contributed by atoms with Gasteiger partial charge in [-0.1, -0.05) is 38.1 Å². The number of ether oxygens (including phenoxy) is 1. The van der Waals surface area contributed by atoms with Gasteiger partial charge in [0.15, 0.2) is 0 Å². The molecule has 0 aliphatic carbocycles. The van der Waals surface area contributed by atoms with Crippen LogP contribution in [-0.4, -0.2) is 61.0 Å². The van der Waals surface area contributed by atoms with Crippen LogP contribution in [-0.2, 0) is 20.7 Å². The van der Waals surface area contributed by atoms with Gasteiger partial charge in [-0.3, -0.25) is 9.59 Å². The molecule has 2 aliphatic heterocycles. The number of piperidine rings is 1. The molecule has 0 saturated carbocycles.